The summed E-state index contributed by atoms with van der Waals surface area (Å²) in [6, 6.07) is 0.136. The summed E-state index contributed by atoms with van der Waals surface area (Å²) >= 11 is 0. The van der Waals surface area contributed by atoms with Gasteiger partial charge in [0.25, 0.3) is 0 Å². The van der Waals surface area contributed by atoms with E-state index < -0.39 is 0 Å². The van der Waals surface area contributed by atoms with E-state index in [0.29, 0.717) is 12.0 Å². The highest BCUT2D eigenvalue weighted by molar-refractivity contribution is 4.90. The third-order valence-electron chi connectivity index (χ3n) is 2.44. The molecule has 3 nitrogen and oxygen atoms in total. The molecule has 0 bridgehead atoms. The van der Waals surface area contributed by atoms with Gasteiger partial charge in [-0.15, -0.1) is 0 Å². The quantitative estimate of drug-likeness (QED) is 0.608. The Morgan fingerprint density at radius 2 is 2.25 bits per heavy atom. The molecule has 0 aromatic heterocycles. The highest BCUT2D eigenvalue weighted by Gasteiger charge is 2.36. The van der Waals surface area contributed by atoms with Crippen LogP contribution in [0, 0.1) is 5.41 Å². The van der Waals surface area contributed by atoms with Gasteiger partial charge in [0.15, 0.2) is 0 Å². The molecule has 72 valence electrons. The molecule has 1 unspecified atom stereocenters. The molecule has 12 heavy (non-hydrogen) atoms. The summed E-state index contributed by atoms with van der Waals surface area (Å²) in [4.78, 5) is 0. The van der Waals surface area contributed by atoms with Crippen molar-refractivity contribution in [2.24, 2.45) is 11.1 Å². The predicted molar refractivity (Wildman–Crippen MR) is 50.1 cm³/mol. The van der Waals surface area contributed by atoms with Crippen LogP contribution in [0.4, 0.5) is 0 Å². The van der Waals surface area contributed by atoms with Gasteiger partial charge in [0, 0.05) is 26.2 Å². The number of rotatable bonds is 6. The van der Waals surface area contributed by atoms with Gasteiger partial charge in [-0.25, -0.2) is 0 Å². The fourth-order valence-electron chi connectivity index (χ4n) is 1.22. The van der Waals surface area contributed by atoms with Gasteiger partial charge in [0.05, 0.1) is 6.61 Å². The number of nitrogens with one attached hydrogen (secondary N) is 1. The van der Waals surface area contributed by atoms with Crippen LogP contribution in [-0.2, 0) is 4.74 Å². The van der Waals surface area contributed by atoms with Crippen LogP contribution >= 0.6 is 0 Å². The van der Waals surface area contributed by atoms with Crippen molar-refractivity contribution in [3.63, 3.8) is 0 Å². The van der Waals surface area contributed by atoms with E-state index in [9.17, 15) is 0 Å². The molecule has 1 saturated carbocycles. The normalized spacial score (nSPS) is 22.2. The molecule has 1 fully saturated rings. The van der Waals surface area contributed by atoms with E-state index in [1.54, 1.807) is 7.11 Å². The van der Waals surface area contributed by atoms with E-state index in [1.807, 2.05) is 0 Å². The first-order valence-corrected chi connectivity index (χ1v) is 4.61. The van der Waals surface area contributed by atoms with Crippen molar-refractivity contribution in [2.75, 3.05) is 26.8 Å². The van der Waals surface area contributed by atoms with Gasteiger partial charge in [0.2, 0.25) is 0 Å². The SMILES string of the molecule is COCC(N)CNCC1(C)CC1. The molecule has 0 aromatic rings. The third-order valence-corrected chi connectivity index (χ3v) is 2.44. The average molecular weight is 172 g/mol. The fraction of sp³-hybridized carbons (Fsp3) is 1.00. The third kappa shape index (κ3) is 3.52. The lowest BCUT2D eigenvalue weighted by Gasteiger charge is -2.14. The first kappa shape index (κ1) is 9.96. The minimum absolute atomic E-state index is 0.136. The lowest BCUT2D eigenvalue weighted by atomic mass is 10.1. The van der Waals surface area contributed by atoms with E-state index in [4.69, 9.17) is 10.5 Å². The number of nitrogens with two attached hydrogens (primary N) is 1. The molecule has 3 N–H and O–H groups in total. The maximum atomic E-state index is 5.75. The Morgan fingerprint density at radius 3 is 2.75 bits per heavy atom. The Balaban J connectivity index is 1.94. The molecule has 0 amide bonds. The highest BCUT2D eigenvalue weighted by atomic mass is 16.5. The van der Waals surface area contributed by atoms with Crippen LogP contribution in [0.2, 0.25) is 0 Å². The molecule has 1 atom stereocenters. The van der Waals surface area contributed by atoms with Crippen molar-refractivity contribution in [2.45, 2.75) is 25.8 Å². The summed E-state index contributed by atoms with van der Waals surface area (Å²) in [5.41, 5.74) is 6.32. The van der Waals surface area contributed by atoms with E-state index in [1.165, 1.54) is 12.8 Å². The van der Waals surface area contributed by atoms with Gasteiger partial charge in [-0.2, -0.15) is 0 Å². The lowest BCUT2D eigenvalue weighted by molar-refractivity contribution is 0.178. The van der Waals surface area contributed by atoms with Crippen LogP contribution in [-0.4, -0.2) is 32.8 Å². The highest BCUT2D eigenvalue weighted by Crippen LogP contribution is 2.43. The Hall–Kier alpha value is -0.120. The zero-order valence-corrected chi connectivity index (χ0v) is 8.10. The minimum atomic E-state index is 0.136. The molecule has 0 aliphatic heterocycles. The smallest absolute Gasteiger partial charge is 0.0626 e. The fourth-order valence-corrected chi connectivity index (χ4v) is 1.22. The molecule has 0 spiro atoms. The molecular formula is C9H20N2O. The minimum Gasteiger partial charge on any atom is -0.383 e. The second-order valence-corrected chi connectivity index (χ2v) is 4.16. The molecule has 0 heterocycles. The van der Waals surface area contributed by atoms with Crippen LogP contribution in [0.25, 0.3) is 0 Å². The van der Waals surface area contributed by atoms with Gasteiger partial charge in [-0.3, -0.25) is 0 Å². The Kier molecular flexibility index (Phi) is 3.50. The van der Waals surface area contributed by atoms with Crippen molar-refractivity contribution in [1.29, 1.82) is 0 Å². The average Bonchev–Trinajstić information content (AvgIpc) is 2.69. The van der Waals surface area contributed by atoms with Crippen LogP contribution in [0.15, 0.2) is 0 Å². The molecule has 0 aromatic carbocycles. The van der Waals surface area contributed by atoms with Crippen molar-refractivity contribution in [3.8, 4) is 0 Å². The van der Waals surface area contributed by atoms with Crippen LogP contribution in [0.3, 0.4) is 0 Å². The summed E-state index contributed by atoms with van der Waals surface area (Å²) in [6.07, 6.45) is 2.72. The van der Waals surface area contributed by atoms with Gasteiger partial charge in [0.1, 0.15) is 0 Å². The molecule has 0 radical (unpaired) electrons. The topological polar surface area (TPSA) is 47.3 Å². The molecule has 1 rings (SSSR count). The van der Waals surface area contributed by atoms with Gasteiger partial charge in [-0.1, -0.05) is 6.92 Å². The number of hydrogen-bond acceptors (Lipinski definition) is 3. The number of ether oxygens (including phenoxy) is 1. The van der Waals surface area contributed by atoms with Crippen LogP contribution in [0.5, 0.6) is 0 Å². The standard InChI is InChI=1S/C9H20N2O/c1-9(3-4-9)7-11-5-8(10)6-12-2/h8,11H,3-7,10H2,1-2H3. The molecule has 1 aliphatic carbocycles. The van der Waals surface area contributed by atoms with Crippen molar-refractivity contribution in [1.82, 2.24) is 5.32 Å². The summed E-state index contributed by atoms with van der Waals surface area (Å²) in [7, 11) is 1.68. The first-order chi connectivity index (χ1) is 5.66. The van der Waals surface area contributed by atoms with E-state index in [-0.39, 0.29) is 6.04 Å². The van der Waals surface area contributed by atoms with Crippen LogP contribution < -0.4 is 11.1 Å². The summed E-state index contributed by atoms with van der Waals surface area (Å²) in [6.45, 7) is 4.92. The second-order valence-electron chi connectivity index (χ2n) is 4.16. The Bertz CT molecular complexity index is 134. The van der Waals surface area contributed by atoms with E-state index >= 15 is 0 Å². The van der Waals surface area contributed by atoms with E-state index in [0.717, 1.165) is 13.1 Å². The number of methoxy groups -OCH3 is 1. The summed E-state index contributed by atoms with van der Waals surface area (Å²) in [5.74, 6) is 0. The number of hydrogen-bond donors (Lipinski definition) is 2. The molecule has 1 aliphatic rings. The zero-order valence-electron chi connectivity index (χ0n) is 8.10. The van der Waals surface area contributed by atoms with Crippen LogP contribution in [0.1, 0.15) is 19.8 Å². The Morgan fingerprint density at radius 1 is 1.58 bits per heavy atom. The maximum absolute atomic E-state index is 5.75. The monoisotopic (exact) mass is 172 g/mol. The molecule has 3 heteroatoms. The molecule has 0 saturated heterocycles. The van der Waals surface area contributed by atoms with Gasteiger partial charge >= 0.3 is 0 Å². The van der Waals surface area contributed by atoms with Crippen molar-refractivity contribution < 1.29 is 4.74 Å². The van der Waals surface area contributed by atoms with Gasteiger partial charge < -0.3 is 15.8 Å². The maximum Gasteiger partial charge on any atom is 0.0626 e. The lowest BCUT2D eigenvalue weighted by Crippen LogP contribution is -2.39. The summed E-state index contributed by atoms with van der Waals surface area (Å²) in [5, 5.41) is 3.37. The molecular weight excluding hydrogens is 152 g/mol. The summed E-state index contributed by atoms with van der Waals surface area (Å²) < 4.78 is 4.94. The second kappa shape index (κ2) is 4.21. The first-order valence-electron chi connectivity index (χ1n) is 4.61. The Labute approximate surface area is 74.7 Å². The van der Waals surface area contributed by atoms with Gasteiger partial charge in [-0.05, 0) is 18.3 Å². The largest absolute Gasteiger partial charge is 0.383 e. The van der Waals surface area contributed by atoms with Crippen molar-refractivity contribution in [3.05, 3.63) is 0 Å². The van der Waals surface area contributed by atoms with Crippen molar-refractivity contribution >= 4 is 0 Å². The predicted octanol–water partition coefficient (Wildman–Crippen LogP) is 0.350. The zero-order chi connectivity index (χ0) is 9.03. The van der Waals surface area contributed by atoms with E-state index in [2.05, 4.69) is 12.2 Å².